The zero-order valence-electron chi connectivity index (χ0n) is 15.5. The summed E-state index contributed by atoms with van der Waals surface area (Å²) in [5.41, 5.74) is 0.874. The van der Waals surface area contributed by atoms with Crippen molar-refractivity contribution in [2.75, 3.05) is 5.32 Å². The summed E-state index contributed by atoms with van der Waals surface area (Å²) in [5, 5.41) is 23.0. The highest BCUT2D eigenvalue weighted by atomic mass is 35.5. The van der Waals surface area contributed by atoms with Gasteiger partial charge >= 0.3 is 0 Å². The molecule has 0 atom stereocenters. The normalized spacial score (nSPS) is 13.4. The summed E-state index contributed by atoms with van der Waals surface area (Å²) in [6.45, 7) is 0.820. The second-order valence-electron chi connectivity index (χ2n) is 6.83. The molecule has 1 aromatic heterocycles. The van der Waals surface area contributed by atoms with Crippen LogP contribution in [0.2, 0.25) is 5.02 Å². The molecule has 0 unspecified atom stereocenters. The topological polar surface area (TPSA) is 103 Å². The van der Waals surface area contributed by atoms with Gasteiger partial charge in [0.15, 0.2) is 5.82 Å². The molecule has 3 aromatic rings. The third-order valence-electron chi connectivity index (χ3n) is 4.92. The summed E-state index contributed by atoms with van der Waals surface area (Å²) in [6, 6.07) is 10.9. The number of aromatic nitrogens is 3. The number of hydrogen-bond acceptors (Lipinski definition) is 5. The van der Waals surface area contributed by atoms with E-state index in [2.05, 4.69) is 20.1 Å². The van der Waals surface area contributed by atoms with E-state index in [4.69, 9.17) is 11.6 Å². The summed E-state index contributed by atoms with van der Waals surface area (Å²) in [4.78, 5) is 23.2. The number of nitrogens with zero attached hydrogens (tertiary/aromatic N) is 4. The maximum absolute atomic E-state index is 12.6. The van der Waals surface area contributed by atoms with Gasteiger partial charge in [-0.1, -0.05) is 30.2 Å². The van der Waals surface area contributed by atoms with E-state index < -0.39 is 10.8 Å². The molecule has 2 heterocycles. The van der Waals surface area contributed by atoms with Gasteiger partial charge in [0.25, 0.3) is 11.6 Å². The molecular weight excluding hydrogens is 394 g/mol. The molecule has 0 spiro atoms. The van der Waals surface area contributed by atoms with Crippen LogP contribution in [0.4, 0.5) is 11.4 Å². The number of anilines is 1. The fourth-order valence-corrected chi connectivity index (χ4v) is 3.68. The van der Waals surface area contributed by atoms with Crippen LogP contribution in [0.1, 0.15) is 35.4 Å². The Balaban J connectivity index is 1.66. The van der Waals surface area contributed by atoms with Crippen LogP contribution in [-0.2, 0) is 13.0 Å². The number of halogens is 1. The third kappa shape index (κ3) is 3.84. The average Bonchev–Trinajstić information content (AvgIpc) is 2.97. The zero-order chi connectivity index (χ0) is 20.4. The lowest BCUT2D eigenvalue weighted by atomic mass is 10.1. The van der Waals surface area contributed by atoms with Crippen LogP contribution < -0.4 is 5.32 Å². The van der Waals surface area contributed by atoms with Crippen molar-refractivity contribution in [3.8, 4) is 11.4 Å². The summed E-state index contributed by atoms with van der Waals surface area (Å²) in [7, 11) is 0. The number of nitro benzene ring substituents is 1. The first-order valence-corrected chi connectivity index (χ1v) is 9.69. The predicted octanol–water partition coefficient (Wildman–Crippen LogP) is 4.49. The maximum atomic E-state index is 12.6. The summed E-state index contributed by atoms with van der Waals surface area (Å²) in [5.74, 6) is 1.03. The summed E-state index contributed by atoms with van der Waals surface area (Å²) in [6.07, 6.45) is 4.14. The molecule has 0 saturated carbocycles. The summed E-state index contributed by atoms with van der Waals surface area (Å²) < 4.78 is 2.07. The Morgan fingerprint density at radius 1 is 1.14 bits per heavy atom. The molecule has 8 nitrogen and oxygen atoms in total. The largest absolute Gasteiger partial charge is 0.322 e. The minimum Gasteiger partial charge on any atom is -0.322 e. The first-order valence-electron chi connectivity index (χ1n) is 9.31. The predicted molar refractivity (Wildman–Crippen MR) is 109 cm³/mol. The number of para-hydroxylation sites is 1. The molecule has 1 N–H and O–H groups in total. The van der Waals surface area contributed by atoms with E-state index in [1.807, 2.05) is 0 Å². The monoisotopic (exact) mass is 411 g/mol. The van der Waals surface area contributed by atoms with Gasteiger partial charge in [-0.2, -0.15) is 0 Å². The number of fused-ring (bicyclic) bond motifs is 1. The molecule has 29 heavy (non-hydrogen) atoms. The molecule has 0 bridgehead atoms. The van der Waals surface area contributed by atoms with Gasteiger partial charge in [0.2, 0.25) is 0 Å². The number of nitrogens with one attached hydrogen (secondary N) is 1. The number of carbonyl (C=O) groups is 1. The smallest absolute Gasteiger partial charge is 0.282 e. The zero-order valence-corrected chi connectivity index (χ0v) is 16.2. The van der Waals surface area contributed by atoms with Crippen LogP contribution >= 0.6 is 11.6 Å². The molecule has 0 saturated heterocycles. The van der Waals surface area contributed by atoms with Crippen LogP contribution in [0.15, 0.2) is 42.5 Å². The lowest BCUT2D eigenvalue weighted by Gasteiger charge is -2.11. The molecule has 0 fully saturated rings. The van der Waals surface area contributed by atoms with Crippen molar-refractivity contribution in [2.24, 2.45) is 0 Å². The van der Waals surface area contributed by atoms with Crippen molar-refractivity contribution in [1.29, 1.82) is 0 Å². The molecule has 0 aliphatic carbocycles. The van der Waals surface area contributed by atoms with Gasteiger partial charge in [-0.05, 0) is 37.1 Å². The lowest BCUT2D eigenvalue weighted by Crippen LogP contribution is -2.14. The fourth-order valence-electron chi connectivity index (χ4n) is 3.48. The van der Waals surface area contributed by atoms with Crippen molar-refractivity contribution >= 4 is 28.9 Å². The van der Waals surface area contributed by atoms with Gasteiger partial charge in [-0.15, -0.1) is 10.2 Å². The minimum atomic E-state index is -0.576. The molecule has 4 rings (SSSR count). The fraction of sp³-hybridized carbons (Fsp3) is 0.250. The molecule has 1 aliphatic rings. The highest BCUT2D eigenvalue weighted by molar-refractivity contribution is 6.33. The number of benzene rings is 2. The van der Waals surface area contributed by atoms with Gasteiger partial charge in [0.1, 0.15) is 11.4 Å². The van der Waals surface area contributed by atoms with Crippen LogP contribution in [-0.4, -0.2) is 25.6 Å². The number of hydrogen-bond donors (Lipinski definition) is 1. The Hall–Kier alpha value is -3.26. The molecule has 148 valence electrons. The van der Waals surface area contributed by atoms with E-state index in [0.29, 0.717) is 22.1 Å². The highest BCUT2D eigenvalue weighted by Gasteiger charge is 2.21. The van der Waals surface area contributed by atoms with E-state index in [1.165, 1.54) is 18.2 Å². The van der Waals surface area contributed by atoms with E-state index >= 15 is 0 Å². The average molecular weight is 412 g/mol. The maximum Gasteiger partial charge on any atom is 0.282 e. The molecule has 0 radical (unpaired) electrons. The Labute approximate surface area is 171 Å². The Morgan fingerprint density at radius 3 is 2.79 bits per heavy atom. The molecular formula is C20H18ClN5O3. The van der Waals surface area contributed by atoms with Crippen molar-refractivity contribution in [3.63, 3.8) is 0 Å². The van der Waals surface area contributed by atoms with Gasteiger partial charge in [0.05, 0.1) is 9.95 Å². The van der Waals surface area contributed by atoms with Crippen molar-refractivity contribution in [3.05, 3.63) is 69.0 Å². The Bertz CT molecular complexity index is 1100. The van der Waals surface area contributed by atoms with Gasteiger partial charge in [-0.3, -0.25) is 14.9 Å². The van der Waals surface area contributed by atoms with Crippen LogP contribution in [0.25, 0.3) is 11.4 Å². The van der Waals surface area contributed by atoms with Crippen LogP contribution in [0.3, 0.4) is 0 Å². The summed E-state index contributed by atoms with van der Waals surface area (Å²) >= 11 is 6.41. The standard InChI is InChI=1S/C20H18ClN5O3/c21-16-10-9-13(22-20(27)14-6-3-4-7-17(14)26(28)29)12-15(16)19-24-23-18-8-2-1-5-11-25(18)19/h3-4,6-7,9-10,12H,1-2,5,8,11H2,(H,22,27). The number of carbonyl (C=O) groups excluding carboxylic acids is 1. The van der Waals surface area contributed by atoms with Crippen molar-refractivity contribution in [2.45, 2.75) is 32.2 Å². The minimum absolute atomic E-state index is 0.00894. The lowest BCUT2D eigenvalue weighted by molar-refractivity contribution is -0.385. The van der Waals surface area contributed by atoms with E-state index in [9.17, 15) is 14.9 Å². The van der Waals surface area contributed by atoms with Gasteiger partial charge in [0, 0.05) is 30.3 Å². The Kier molecular flexibility index (Phi) is 5.26. The number of rotatable bonds is 4. The van der Waals surface area contributed by atoms with E-state index in [0.717, 1.165) is 38.1 Å². The van der Waals surface area contributed by atoms with E-state index in [-0.39, 0.29) is 11.3 Å². The molecule has 9 heteroatoms. The quantitative estimate of drug-likeness (QED) is 0.503. The first kappa shape index (κ1) is 19.1. The van der Waals surface area contributed by atoms with Gasteiger partial charge in [-0.25, -0.2) is 0 Å². The van der Waals surface area contributed by atoms with Crippen molar-refractivity contribution in [1.82, 2.24) is 14.8 Å². The molecule has 1 aliphatic heterocycles. The Morgan fingerprint density at radius 2 is 1.97 bits per heavy atom. The van der Waals surface area contributed by atoms with Crippen molar-refractivity contribution < 1.29 is 9.72 Å². The van der Waals surface area contributed by atoms with Gasteiger partial charge < -0.3 is 9.88 Å². The van der Waals surface area contributed by atoms with Crippen LogP contribution in [0.5, 0.6) is 0 Å². The number of nitro groups is 1. The third-order valence-corrected chi connectivity index (χ3v) is 5.25. The second-order valence-corrected chi connectivity index (χ2v) is 7.23. The molecule has 1 amide bonds. The highest BCUT2D eigenvalue weighted by Crippen LogP contribution is 2.31. The van der Waals surface area contributed by atoms with E-state index in [1.54, 1.807) is 24.3 Å². The number of aryl methyl sites for hydroxylation is 1. The van der Waals surface area contributed by atoms with Crippen LogP contribution in [0, 0.1) is 10.1 Å². The second kappa shape index (κ2) is 8.00. The molecule has 2 aromatic carbocycles. The first-order chi connectivity index (χ1) is 14.0. The SMILES string of the molecule is O=C(Nc1ccc(Cl)c(-c2nnc3n2CCCCC3)c1)c1ccccc1[N+](=O)[O-]. The number of amides is 1.